The second kappa shape index (κ2) is 3.44. The van der Waals surface area contributed by atoms with Gasteiger partial charge in [0.25, 0.3) is 0 Å². The first kappa shape index (κ1) is 9.59. The number of imidazole rings is 1. The number of aromatic nitrogens is 4. The Morgan fingerprint density at radius 2 is 2.18 bits per heavy atom. The normalized spacial score (nSPS) is 10.8. The van der Waals surface area contributed by atoms with E-state index in [0.717, 1.165) is 5.52 Å². The molecule has 6 heteroatoms. The Balaban J connectivity index is 2.40. The van der Waals surface area contributed by atoms with Gasteiger partial charge in [0.15, 0.2) is 0 Å². The van der Waals surface area contributed by atoms with E-state index in [1.165, 1.54) is 10.9 Å². The fourth-order valence-electron chi connectivity index (χ4n) is 1.76. The molecule has 84 valence electrons. The molecule has 0 fully saturated rings. The number of benzene rings is 1. The molecule has 0 amide bonds. The molecule has 0 saturated carbocycles. The van der Waals surface area contributed by atoms with Gasteiger partial charge in [-0.1, -0.05) is 0 Å². The van der Waals surface area contributed by atoms with Gasteiger partial charge in [-0.15, -0.1) is 0 Å². The minimum Gasteiger partial charge on any atom is -0.399 e. The van der Waals surface area contributed by atoms with E-state index in [0.29, 0.717) is 17.0 Å². The molecule has 0 aliphatic rings. The van der Waals surface area contributed by atoms with E-state index in [2.05, 4.69) is 15.0 Å². The molecule has 0 unspecified atom stereocenters. The Morgan fingerprint density at radius 3 is 2.94 bits per heavy atom. The Morgan fingerprint density at radius 1 is 1.29 bits per heavy atom. The molecule has 0 atom stereocenters. The van der Waals surface area contributed by atoms with E-state index in [4.69, 9.17) is 5.73 Å². The van der Waals surface area contributed by atoms with Gasteiger partial charge in [-0.05, 0) is 24.3 Å². The van der Waals surface area contributed by atoms with Crippen LogP contribution in [0.15, 0.2) is 41.6 Å². The zero-order chi connectivity index (χ0) is 11.8. The average molecular weight is 227 g/mol. The van der Waals surface area contributed by atoms with E-state index in [1.807, 2.05) is 0 Å². The van der Waals surface area contributed by atoms with Gasteiger partial charge in [0.1, 0.15) is 12.1 Å². The van der Waals surface area contributed by atoms with Crippen LogP contribution in [-0.4, -0.2) is 19.5 Å². The summed E-state index contributed by atoms with van der Waals surface area (Å²) < 4.78 is 1.47. The molecule has 1 aromatic carbocycles. The number of hydrogen-bond acceptors (Lipinski definition) is 4. The third-order valence-electron chi connectivity index (χ3n) is 2.50. The highest BCUT2D eigenvalue weighted by Gasteiger charge is 2.09. The Hall–Kier alpha value is -2.63. The van der Waals surface area contributed by atoms with Gasteiger partial charge in [0.2, 0.25) is 0 Å². The average Bonchev–Trinajstić information content (AvgIpc) is 2.65. The van der Waals surface area contributed by atoms with Crippen LogP contribution in [0.1, 0.15) is 0 Å². The summed E-state index contributed by atoms with van der Waals surface area (Å²) >= 11 is 0. The van der Waals surface area contributed by atoms with Gasteiger partial charge in [-0.3, -0.25) is 0 Å². The molecule has 3 N–H and O–H groups in total. The van der Waals surface area contributed by atoms with E-state index in [9.17, 15) is 4.79 Å². The Bertz CT molecular complexity index is 728. The van der Waals surface area contributed by atoms with Crippen molar-refractivity contribution < 1.29 is 0 Å². The van der Waals surface area contributed by atoms with E-state index in [-0.39, 0.29) is 5.69 Å². The smallest absolute Gasteiger partial charge is 0.332 e. The van der Waals surface area contributed by atoms with Crippen LogP contribution < -0.4 is 11.4 Å². The summed E-state index contributed by atoms with van der Waals surface area (Å²) in [4.78, 5) is 22.5. The number of nitrogens with one attached hydrogen (secondary N) is 1. The number of nitrogens with two attached hydrogens (primary N) is 1. The second-order valence-electron chi connectivity index (χ2n) is 3.61. The molecule has 17 heavy (non-hydrogen) atoms. The number of H-pyrrole nitrogens is 1. The highest BCUT2D eigenvalue weighted by Crippen LogP contribution is 2.16. The molecule has 0 radical (unpaired) electrons. The van der Waals surface area contributed by atoms with Crippen molar-refractivity contribution in [3.8, 4) is 5.82 Å². The third-order valence-corrected chi connectivity index (χ3v) is 2.50. The Labute approximate surface area is 95.7 Å². The first-order valence-corrected chi connectivity index (χ1v) is 5.02. The maximum absolute atomic E-state index is 11.9. The van der Waals surface area contributed by atoms with E-state index in [1.54, 1.807) is 30.5 Å². The van der Waals surface area contributed by atoms with Gasteiger partial charge in [-0.25, -0.2) is 19.3 Å². The predicted molar refractivity (Wildman–Crippen MR) is 63.9 cm³/mol. The summed E-state index contributed by atoms with van der Waals surface area (Å²) in [5.74, 6) is 0.516. The van der Waals surface area contributed by atoms with Crippen LogP contribution in [0.2, 0.25) is 0 Å². The zero-order valence-electron chi connectivity index (χ0n) is 8.79. The first-order valence-electron chi connectivity index (χ1n) is 5.02. The van der Waals surface area contributed by atoms with Crippen LogP contribution in [-0.2, 0) is 0 Å². The highest BCUT2D eigenvalue weighted by atomic mass is 16.1. The van der Waals surface area contributed by atoms with Gasteiger partial charge in [0, 0.05) is 11.9 Å². The quantitative estimate of drug-likeness (QED) is 0.598. The van der Waals surface area contributed by atoms with Crippen LogP contribution in [0.3, 0.4) is 0 Å². The third kappa shape index (κ3) is 1.46. The minimum absolute atomic E-state index is 0.246. The van der Waals surface area contributed by atoms with Gasteiger partial charge >= 0.3 is 5.69 Å². The number of rotatable bonds is 1. The molecule has 3 rings (SSSR count). The lowest BCUT2D eigenvalue weighted by atomic mass is 10.3. The first-order chi connectivity index (χ1) is 8.25. The lowest BCUT2D eigenvalue weighted by molar-refractivity contribution is 0.949. The van der Waals surface area contributed by atoms with Crippen molar-refractivity contribution in [2.24, 2.45) is 0 Å². The topological polar surface area (TPSA) is 89.6 Å². The predicted octanol–water partition coefficient (Wildman–Crippen LogP) is 0.691. The number of nitrogen functional groups attached to an aromatic ring is 1. The summed E-state index contributed by atoms with van der Waals surface area (Å²) in [5, 5.41) is 0. The molecule has 3 aromatic rings. The zero-order valence-corrected chi connectivity index (χ0v) is 8.79. The summed E-state index contributed by atoms with van der Waals surface area (Å²) in [6, 6.07) is 6.90. The molecule has 0 spiro atoms. The Kier molecular flexibility index (Phi) is 1.94. The summed E-state index contributed by atoms with van der Waals surface area (Å²) in [5.41, 5.74) is 7.50. The fourth-order valence-corrected chi connectivity index (χ4v) is 1.76. The molecule has 0 aliphatic heterocycles. The van der Waals surface area contributed by atoms with Gasteiger partial charge < -0.3 is 10.7 Å². The summed E-state index contributed by atoms with van der Waals surface area (Å²) in [7, 11) is 0. The van der Waals surface area contributed by atoms with Crippen molar-refractivity contribution in [2.75, 3.05) is 5.73 Å². The largest absolute Gasteiger partial charge is 0.399 e. The second-order valence-corrected chi connectivity index (χ2v) is 3.61. The van der Waals surface area contributed by atoms with Crippen molar-refractivity contribution in [2.45, 2.75) is 0 Å². The number of aromatic amines is 1. The van der Waals surface area contributed by atoms with Crippen LogP contribution >= 0.6 is 0 Å². The van der Waals surface area contributed by atoms with Crippen molar-refractivity contribution in [1.82, 2.24) is 19.5 Å². The van der Waals surface area contributed by atoms with Crippen LogP contribution in [0.4, 0.5) is 5.69 Å². The van der Waals surface area contributed by atoms with Crippen LogP contribution in [0.25, 0.3) is 16.9 Å². The van der Waals surface area contributed by atoms with E-state index >= 15 is 0 Å². The number of hydrogen-bond donors (Lipinski definition) is 2. The monoisotopic (exact) mass is 227 g/mol. The molecular weight excluding hydrogens is 218 g/mol. The molecular formula is C11H9N5O. The van der Waals surface area contributed by atoms with Crippen molar-refractivity contribution >= 4 is 16.7 Å². The van der Waals surface area contributed by atoms with Crippen LogP contribution in [0, 0.1) is 0 Å². The SMILES string of the molecule is Nc1ccc2[nH]c(=O)n(-c3ccncn3)c2c1. The van der Waals surface area contributed by atoms with Crippen molar-refractivity contribution in [3.63, 3.8) is 0 Å². The molecule has 0 aliphatic carbocycles. The molecule has 2 heterocycles. The minimum atomic E-state index is -0.246. The maximum Gasteiger partial charge on any atom is 0.332 e. The molecule has 0 saturated heterocycles. The van der Waals surface area contributed by atoms with Crippen LogP contribution in [0.5, 0.6) is 0 Å². The van der Waals surface area contributed by atoms with E-state index < -0.39 is 0 Å². The number of anilines is 1. The lowest BCUT2D eigenvalue weighted by Crippen LogP contribution is -2.15. The lowest BCUT2D eigenvalue weighted by Gasteiger charge is -2.01. The summed E-state index contributed by atoms with van der Waals surface area (Å²) in [6.07, 6.45) is 2.98. The van der Waals surface area contributed by atoms with Crippen molar-refractivity contribution in [3.05, 3.63) is 47.3 Å². The molecule has 6 nitrogen and oxygen atoms in total. The highest BCUT2D eigenvalue weighted by molar-refractivity contribution is 5.80. The molecule has 0 bridgehead atoms. The maximum atomic E-state index is 11.9. The standard InChI is InChI=1S/C11H9N5O/c12-7-1-2-8-9(5-7)16(11(17)15-8)10-3-4-13-6-14-10/h1-6H,12H2,(H,15,17). The molecule has 2 aromatic heterocycles. The summed E-state index contributed by atoms with van der Waals surface area (Å²) in [6.45, 7) is 0. The fraction of sp³-hybridized carbons (Fsp3) is 0. The number of nitrogens with zero attached hydrogens (tertiary/aromatic N) is 3. The van der Waals surface area contributed by atoms with Gasteiger partial charge in [0.05, 0.1) is 11.0 Å². The number of fused-ring (bicyclic) bond motifs is 1. The van der Waals surface area contributed by atoms with Crippen molar-refractivity contribution in [1.29, 1.82) is 0 Å². The van der Waals surface area contributed by atoms with Gasteiger partial charge in [-0.2, -0.15) is 0 Å².